The second kappa shape index (κ2) is 5.13. The molecule has 1 aliphatic carbocycles. The van der Waals surface area contributed by atoms with Crippen molar-refractivity contribution in [3.63, 3.8) is 0 Å². The Kier molecular flexibility index (Phi) is 3.80. The highest BCUT2D eigenvalue weighted by Gasteiger charge is 2.45. The smallest absolute Gasteiger partial charge is 0.132 e. The molecule has 90 valence electrons. The molecule has 1 heterocycles. The molecule has 1 saturated carbocycles. The van der Waals surface area contributed by atoms with E-state index in [0.29, 0.717) is 18.4 Å². The number of likely N-dealkylation sites (N-methyl/N-ethyl adjacent to an activating group) is 1. The quantitative estimate of drug-likeness (QED) is 0.729. The van der Waals surface area contributed by atoms with Gasteiger partial charge in [-0.15, -0.1) is 0 Å². The van der Waals surface area contributed by atoms with Crippen molar-refractivity contribution in [3.8, 4) is 6.07 Å². The molecular formula is C12H20N2O2. The maximum atomic E-state index is 9.26. The molecule has 16 heavy (non-hydrogen) atoms. The highest BCUT2D eigenvalue weighted by molar-refractivity contribution is 5.14. The van der Waals surface area contributed by atoms with Gasteiger partial charge in [0, 0.05) is 12.5 Å². The van der Waals surface area contributed by atoms with Gasteiger partial charge in [-0.25, -0.2) is 0 Å². The van der Waals surface area contributed by atoms with Crippen LogP contribution in [0.5, 0.6) is 0 Å². The molecule has 4 nitrogen and oxygen atoms in total. The van der Waals surface area contributed by atoms with Gasteiger partial charge in [-0.3, -0.25) is 0 Å². The molecule has 0 radical (unpaired) electrons. The predicted octanol–water partition coefficient (Wildman–Crippen LogP) is 0.931. The predicted molar refractivity (Wildman–Crippen MR) is 59.9 cm³/mol. The van der Waals surface area contributed by atoms with Gasteiger partial charge in [0.15, 0.2) is 0 Å². The molecule has 2 unspecified atom stereocenters. The molecule has 0 aromatic heterocycles. The lowest BCUT2D eigenvalue weighted by Crippen LogP contribution is -2.48. The Bertz CT molecular complexity index is 267. The minimum absolute atomic E-state index is 0.459. The Labute approximate surface area is 96.9 Å². The van der Waals surface area contributed by atoms with E-state index in [2.05, 4.69) is 11.4 Å². The Balaban J connectivity index is 1.75. The summed E-state index contributed by atoms with van der Waals surface area (Å²) in [6.07, 6.45) is 3.37. The molecule has 0 aromatic carbocycles. The minimum atomic E-state index is -0.459. The Morgan fingerprint density at radius 1 is 1.50 bits per heavy atom. The van der Waals surface area contributed by atoms with Crippen molar-refractivity contribution in [2.24, 2.45) is 11.8 Å². The first-order chi connectivity index (χ1) is 7.80. The van der Waals surface area contributed by atoms with Crippen LogP contribution >= 0.6 is 0 Å². The van der Waals surface area contributed by atoms with Crippen molar-refractivity contribution in [2.75, 3.05) is 33.5 Å². The SMILES string of the molecule is CNC(C#N)(COCC1CCOC1)C1CC1. The van der Waals surface area contributed by atoms with E-state index >= 15 is 0 Å². The van der Waals surface area contributed by atoms with Crippen LogP contribution in [0.25, 0.3) is 0 Å². The summed E-state index contributed by atoms with van der Waals surface area (Å²) in [5, 5.41) is 12.4. The molecule has 0 aromatic rings. The van der Waals surface area contributed by atoms with Gasteiger partial charge in [-0.05, 0) is 32.2 Å². The van der Waals surface area contributed by atoms with E-state index in [1.54, 1.807) is 0 Å². The van der Waals surface area contributed by atoms with Crippen LogP contribution in [0, 0.1) is 23.2 Å². The summed E-state index contributed by atoms with van der Waals surface area (Å²) in [4.78, 5) is 0. The third-order valence-electron chi connectivity index (χ3n) is 3.63. The van der Waals surface area contributed by atoms with E-state index in [0.717, 1.165) is 39.1 Å². The lowest BCUT2D eigenvalue weighted by molar-refractivity contribution is 0.0547. The summed E-state index contributed by atoms with van der Waals surface area (Å²) in [6.45, 7) is 2.88. The topological polar surface area (TPSA) is 54.3 Å². The summed E-state index contributed by atoms with van der Waals surface area (Å²) in [5.41, 5.74) is -0.459. The number of hydrogen-bond acceptors (Lipinski definition) is 4. The molecule has 0 amide bonds. The van der Waals surface area contributed by atoms with E-state index in [4.69, 9.17) is 9.47 Å². The molecule has 0 spiro atoms. The van der Waals surface area contributed by atoms with Crippen LogP contribution in [0.15, 0.2) is 0 Å². The zero-order valence-corrected chi connectivity index (χ0v) is 9.87. The van der Waals surface area contributed by atoms with Crippen molar-refractivity contribution in [3.05, 3.63) is 0 Å². The normalized spacial score (nSPS) is 28.6. The molecule has 2 rings (SSSR count). The number of hydrogen-bond donors (Lipinski definition) is 1. The molecule has 0 bridgehead atoms. The first-order valence-electron chi connectivity index (χ1n) is 6.06. The van der Waals surface area contributed by atoms with E-state index in [1.165, 1.54) is 0 Å². The third-order valence-corrected chi connectivity index (χ3v) is 3.63. The van der Waals surface area contributed by atoms with Crippen LogP contribution in [-0.2, 0) is 9.47 Å². The van der Waals surface area contributed by atoms with Gasteiger partial charge in [-0.1, -0.05) is 0 Å². The molecular weight excluding hydrogens is 204 g/mol. The first-order valence-corrected chi connectivity index (χ1v) is 6.06. The Morgan fingerprint density at radius 2 is 2.31 bits per heavy atom. The number of nitrogens with zero attached hydrogens (tertiary/aromatic N) is 1. The van der Waals surface area contributed by atoms with Crippen molar-refractivity contribution < 1.29 is 9.47 Å². The van der Waals surface area contributed by atoms with Crippen molar-refractivity contribution in [2.45, 2.75) is 24.8 Å². The number of nitriles is 1. The number of nitrogens with one attached hydrogen (secondary N) is 1. The second-order valence-electron chi connectivity index (χ2n) is 4.85. The zero-order chi connectivity index (χ0) is 11.4. The van der Waals surface area contributed by atoms with E-state index in [9.17, 15) is 5.26 Å². The average Bonchev–Trinajstić information content (AvgIpc) is 3.04. The molecule has 2 fully saturated rings. The van der Waals surface area contributed by atoms with E-state index in [1.807, 2.05) is 7.05 Å². The third kappa shape index (κ3) is 2.54. The number of ether oxygens (including phenoxy) is 2. The van der Waals surface area contributed by atoms with Gasteiger partial charge >= 0.3 is 0 Å². The summed E-state index contributed by atoms with van der Waals surface area (Å²) in [6, 6.07) is 2.39. The number of rotatable bonds is 6. The van der Waals surface area contributed by atoms with Crippen LogP contribution < -0.4 is 5.32 Å². The zero-order valence-electron chi connectivity index (χ0n) is 9.87. The van der Waals surface area contributed by atoms with E-state index in [-0.39, 0.29) is 0 Å². The molecule has 4 heteroatoms. The summed E-state index contributed by atoms with van der Waals surface area (Å²) >= 11 is 0. The first kappa shape index (κ1) is 11.8. The van der Waals surface area contributed by atoms with Gasteiger partial charge in [0.25, 0.3) is 0 Å². The average molecular weight is 224 g/mol. The van der Waals surface area contributed by atoms with Crippen LogP contribution in [0.1, 0.15) is 19.3 Å². The Hall–Kier alpha value is -0.630. The van der Waals surface area contributed by atoms with Crippen molar-refractivity contribution >= 4 is 0 Å². The molecule has 1 aliphatic heterocycles. The van der Waals surface area contributed by atoms with Crippen LogP contribution in [0.2, 0.25) is 0 Å². The van der Waals surface area contributed by atoms with Gasteiger partial charge in [0.1, 0.15) is 5.54 Å². The fourth-order valence-electron chi connectivity index (χ4n) is 2.25. The van der Waals surface area contributed by atoms with Gasteiger partial charge in [-0.2, -0.15) is 5.26 Å². The standard InChI is InChI=1S/C12H20N2O2/c1-14-12(8-13,11-2-3-11)9-16-7-10-4-5-15-6-10/h10-11,14H,2-7,9H2,1H3. The lowest BCUT2D eigenvalue weighted by atomic mass is 9.96. The summed E-state index contributed by atoms with van der Waals surface area (Å²) in [7, 11) is 1.85. The Morgan fingerprint density at radius 3 is 2.81 bits per heavy atom. The van der Waals surface area contributed by atoms with Crippen molar-refractivity contribution in [1.29, 1.82) is 5.26 Å². The van der Waals surface area contributed by atoms with Crippen molar-refractivity contribution in [1.82, 2.24) is 5.32 Å². The minimum Gasteiger partial charge on any atom is -0.381 e. The van der Waals surface area contributed by atoms with Crippen LogP contribution in [-0.4, -0.2) is 39.0 Å². The largest absolute Gasteiger partial charge is 0.381 e. The summed E-state index contributed by atoms with van der Waals surface area (Å²) < 4.78 is 11.0. The highest BCUT2D eigenvalue weighted by Crippen LogP contribution is 2.39. The van der Waals surface area contributed by atoms with Crippen LogP contribution in [0.4, 0.5) is 0 Å². The molecule has 1 saturated heterocycles. The highest BCUT2D eigenvalue weighted by atomic mass is 16.5. The molecule has 1 N–H and O–H groups in total. The van der Waals surface area contributed by atoms with Gasteiger partial charge < -0.3 is 14.8 Å². The maximum Gasteiger partial charge on any atom is 0.132 e. The van der Waals surface area contributed by atoms with E-state index < -0.39 is 5.54 Å². The van der Waals surface area contributed by atoms with Gasteiger partial charge in [0.05, 0.1) is 25.9 Å². The monoisotopic (exact) mass is 224 g/mol. The van der Waals surface area contributed by atoms with Crippen LogP contribution in [0.3, 0.4) is 0 Å². The molecule has 2 atom stereocenters. The summed E-state index contributed by atoms with van der Waals surface area (Å²) in [5.74, 6) is 0.995. The second-order valence-corrected chi connectivity index (χ2v) is 4.85. The molecule has 2 aliphatic rings. The van der Waals surface area contributed by atoms with Gasteiger partial charge in [0.2, 0.25) is 0 Å². The fourth-order valence-corrected chi connectivity index (χ4v) is 2.25. The maximum absolute atomic E-state index is 9.26. The fraction of sp³-hybridized carbons (Fsp3) is 0.917. The lowest BCUT2D eigenvalue weighted by Gasteiger charge is -2.26.